The molecule has 1 heterocycles. The van der Waals surface area contributed by atoms with Gasteiger partial charge in [0.2, 0.25) is 5.91 Å². The van der Waals surface area contributed by atoms with Crippen molar-refractivity contribution in [3.63, 3.8) is 0 Å². The maximum Gasteiger partial charge on any atom is 0.317 e. The van der Waals surface area contributed by atoms with Crippen molar-refractivity contribution < 1.29 is 14.0 Å². The molecule has 1 aromatic carbocycles. The Kier molecular flexibility index (Phi) is 6.38. The number of piperidine rings is 1. The number of nitrogens with one attached hydrogen (secondary N) is 2. The molecule has 0 unspecified atom stereocenters. The second kappa shape index (κ2) is 8.50. The standard InChI is InChI=1S/C17H24FN3O2/c1-13(22)19-10-9-15-7-4-5-11-21(15)17(23)20-12-14-6-2-3-8-16(14)18/h2-3,6,8,15H,4-5,7,9-12H2,1H3,(H,19,22)(H,20,23)/t15-/m0/s1. The molecule has 0 bridgehead atoms. The average Bonchev–Trinajstić information content (AvgIpc) is 2.54. The maximum atomic E-state index is 13.6. The number of rotatable bonds is 5. The summed E-state index contributed by atoms with van der Waals surface area (Å²) in [6, 6.07) is 6.39. The van der Waals surface area contributed by atoms with Crippen molar-refractivity contribution in [3.05, 3.63) is 35.6 Å². The van der Waals surface area contributed by atoms with E-state index in [0.29, 0.717) is 18.7 Å². The summed E-state index contributed by atoms with van der Waals surface area (Å²) >= 11 is 0. The normalized spacial score (nSPS) is 17.7. The molecule has 1 atom stereocenters. The number of likely N-dealkylation sites (tertiary alicyclic amines) is 1. The van der Waals surface area contributed by atoms with Gasteiger partial charge in [-0.3, -0.25) is 4.79 Å². The Bertz CT molecular complexity index is 550. The Labute approximate surface area is 136 Å². The molecular weight excluding hydrogens is 297 g/mol. The Morgan fingerprint density at radius 1 is 1.26 bits per heavy atom. The van der Waals surface area contributed by atoms with Gasteiger partial charge < -0.3 is 15.5 Å². The first-order chi connectivity index (χ1) is 11.1. The molecule has 1 fully saturated rings. The molecule has 5 nitrogen and oxygen atoms in total. The van der Waals surface area contributed by atoms with Crippen LogP contribution in [0.15, 0.2) is 24.3 Å². The molecule has 126 valence electrons. The number of halogens is 1. The minimum atomic E-state index is -0.311. The fraction of sp³-hybridized carbons (Fsp3) is 0.529. The van der Waals surface area contributed by atoms with E-state index in [4.69, 9.17) is 0 Å². The van der Waals surface area contributed by atoms with E-state index in [2.05, 4.69) is 10.6 Å². The van der Waals surface area contributed by atoms with Gasteiger partial charge >= 0.3 is 6.03 Å². The van der Waals surface area contributed by atoms with Crippen LogP contribution >= 0.6 is 0 Å². The molecular formula is C17H24FN3O2. The van der Waals surface area contributed by atoms with E-state index in [9.17, 15) is 14.0 Å². The molecule has 0 spiro atoms. The van der Waals surface area contributed by atoms with Crippen molar-refractivity contribution in [2.75, 3.05) is 13.1 Å². The van der Waals surface area contributed by atoms with Crippen molar-refractivity contribution in [3.8, 4) is 0 Å². The van der Waals surface area contributed by atoms with Crippen LogP contribution in [0.3, 0.4) is 0 Å². The third-order valence-corrected chi connectivity index (χ3v) is 4.13. The topological polar surface area (TPSA) is 61.4 Å². The van der Waals surface area contributed by atoms with Gasteiger partial charge in [-0.15, -0.1) is 0 Å². The smallest absolute Gasteiger partial charge is 0.317 e. The number of nitrogens with zero attached hydrogens (tertiary/aromatic N) is 1. The predicted octanol–water partition coefficient (Wildman–Crippen LogP) is 2.42. The number of amides is 3. The Balaban J connectivity index is 1.87. The second-order valence-electron chi connectivity index (χ2n) is 5.86. The molecule has 0 aliphatic carbocycles. The number of urea groups is 1. The SMILES string of the molecule is CC(=O)NCC[C@@H]1CCCCN1C(=O)NCc1ccccc1F. The minimum Gasteiger partial charge on any atom is -0.356 e. The van der Waals surface area contributed by atoms with E-state index in [1.165, 1.54) is 13.0 Å². The van der Waals surface area contributed by atoms with Crippen molar-refractivity contribution in [2.45, 2.75) is 45.2 Å². The number of hydrogen-bond donors (Lipinski definition) is 2. The van der Waals surface area contributed by atoms with Crippen LogP contribution in [-0.2, 0) is 11.3 Å². The highest BCUT2D eigenvalue weighted by Crippen LogP contribution is 2.19. The van der Waals surface area contributed by atoms with Crippen LogP contribution in [-0.4, -0.2) is 36.0 Å². The van der Waals surface area contributed by atoms with E-state index in [1.807, 2.05) is 4.90 Å². The molecule has 3 amide bonds. The number of carbonyl (C=O) groups excluding carboxylic acids is 2. The van der Waals surface area contributed by atoms with E-state index >= 15 is 0 Å². The Morgan fingerprint density at radius 2 is 2.04 bits per heavy atom. The summed E-state index contributed by atoms with van der Waals surface area (Å²) in [5.41, 5.74) is 0.479. The fourth-order valence-electron chi connectivity index (χ4n) is 2.90. The zero-order valence-electron chi connectivity index (χ0n) is 13.5. The maximum absolute atomic E-state index is 13.6. The van der Waals surface area contributed by atoms with Crippen LogP contribution in [0, 0.1) is 5.82 Å². The van der Waals surface area contributed by atoms with Gasteiger partial charge in [0.15, 0.2) is 0 Å². The molecule has 0 aromatic heterocycles. The van der Waals surface area contributed by atoms with Crippen molar-refractivity contribution >= 4 is 11.9 Å². The molecule has 0 saturated carbocycles. The van der Waals surface area contributed by atoms with E-state index in [-0.39, 0.29) is 30.3 Å². The molecule has 1 saturated heterocycles. The molecule has 0 radical (unpaired) electrons. The largest absolute Gasteiger partial charge is 0.356 e. The van der Waals surface area contributed by atoms with Gasteiger partial charge in [0.1, 0.15) is 5.82 Å². The highest BCUT2D eigenvalue weighted by atomic mass is 19.1. The van der Waals surface area contributed by atoms with Crippen molar-refractivity contribution in [1.29, 1.82) is 0 Å². The second-order valence-corrected chi connectivity index (χ2v) is 5.86. The summed E-state index contributed by atoms with van der Waals surface area (Å²) in [5, 5.41) is 5.57. The van der Waals surface area contributed by atoms with Gasteiger partial charge in [-0.25, -0.2) is 9.18 Å². The van der Waals surface area contributed by atoms with Gasteiger partial charge in [0.05, 0.1) is 0 Å². The van der Waals surface area contributed by atoms with Gasteiger partial charge in [-0.05, 0) is 31.7 Å². The van der Waals surface area contributed by atoms with Crippen LogP contribution in [0.2, 0.25) is 0 Å². The van der Waals surface area contributed by atoms with E-state index < -0.39 is 0 Å². The van der Waals surface area contributed by atoms with Gasteiger partial charge in [-0.1, -0.05) is 18.2 Å². The summed E-state index contributed by atoms with van der Waals surface area (Å²) in [4.78, 5) is 25.2. The van der Waals surface area contributed by atoms with Crippen LogP contribution < -0.4 is 10.6 Å². The third-order valence-electron chi connectivity index (χ3n) is 4.13. The van der Waals surface area contributed by atoms with Gasteiger partial charge in [-0.2, -0.15) is 0 Å². The van der Waals surface area contributed by atoms with Gasteiger partial charge in [0, 0.05) is 38.2 Å². The fourth-order valence-corrected chi connectivity index (χ4v) is 2.90. The molecule has 23 heavy (non-hydrogen) atoms. The summed E-state index contributed by atoms with van der Waals surface area (Å²) in [6.07, 6.45) is 3.74. The summed E-state index contributed by atoms with van der Waals surface area (Å²) in [6.45, 7) is 2.94. The lowest BCUT2D eigenvalue weighted by Crippen LogP contribution is -2.49. The van der Waals surface area contributed by atoms with Crippen molar-refractivity contribution in [2.24, 2.45) is 0 Å². The lowest BCUT2D eigenvalue weighted by atomic mass is 10.00. The van der Waals surface area contributed by atoms with Crippen LogP contribution in [0.25, 0.3) is 0 Å². The van der Waals surface area contributed by atoms with Gasteiger partial charge in [0.25, 0.3) is 0 Å². The zero-order chi connectivity index (χ0) is 16.7. The number of carbonyl (C=O) groups is 2. The number of benzene rings is 1. The summed E-state index contributed by atoms with van der Waals surface area (Å²) in [5.74, 6) is -0.370. The Morgan fingerprint density at radius 3 is 2.78 bits per heavy atom. The first-order valence-corrected chi connectivity index (χ1v) is 8.10. The van der Waals surface area contributed by atoms with E-state index in [1.54, 1.807) is 18.2 Å². The molecule has 1 aliphatic heterocycles. The summed E-state index contributed by atoms with van der Waals surface area (Å²) in [7, 11) is 0. The summed E-state index contributed by atoms with van der Waals surface area (Å²) < 4.78 is 13.6. The third kappa shape index (κ3) is 5.23. The minimum absolute atomic E-state index is 0.0589. The number of hydrogen-bond acceptors (Lipinski definition) is 2. The zero-order valence-corrected chi connectivity index (χ0v) is 13.5. The Hall–Kier alpha value is -2.11. The lowest BCUT2D eigenvalue weighted by molar-refractivity contribution is -0.119. The monoisotopic (exact) mass is 321 g/mol. The van der Waals surface area contributed by atoms with Crippen LogP contribution in [0.1, 0.15) is 38.2 Å². The molecule has 6 heteroatoms. The quantitative estimate of drug-likeness (QED) is 0.875. The van der Waals surface area contributed by atoms with Crippen LogP contribution in [0.4, 0.5) is 9.18 Å². The molecule has 2 rings (SSSR count). The highest BCUT2D eigenvalue weighted by molar-refractivity contribution is 5.74. The van der Waals surface area contributed by atoms with E-state index in [0.717, 1.165) is 25.7 Å². The molecule has 2 N–H and O–H groups in total. The van der Waals surface area contributed by atoms with Crippen LogP contribution in [0.5, 0.6) is 0 Å². The van der Waals surface area contributed by atoms with Crippen molar-refractivity contribution in [1.82, 2.24) is 15.5 Å². The average molecular weight is 321 g/mol. The highest BCUT2D eigenvalue weighted by Gasteiger charge is 2.26. The first-order valence-electron chi connectivity index (χ1n) is 8.10. The lowest BCUT2D eigenvalue weighted by Gasteiger charge is -2.35. The molecule has 1 aromatic rings. The first kappa shape index (κ1) is 17.2. The molecule has 1 aliphatic rings. The predicted molar refractivity (Wildman–Crippen MR) is 86.3 cm³/mol.